The van der Waals surface area contributed by atoms with Crippen LogP contribution in [0.25, 0.3) is 0 Å². The number of rotatable bonds is 8. The zero-order valence-corrected chi connectivity index (χ0v) is 20.3. The molecule has 1 fully saturated rings. The number of methoxy groups -OCH3 is 1. The number of amides is 1. The molecular formula is C23H26N4O7S. The number of nitro groups is 1. The number of carbonyl (C=O) groups is 2. The van der Waals surface area contributed by atoms with E-state index in [1.807, 2.05) is 10.3 Å². The van der Waals surface area contributed by atoms with E-state index in [-0.39, 0.29) is 31.2 Å². The number of thioether (sulfide) groups is 1. The second-order valence-corrected chi connectivity index (χ2v) is 8.88. The van der Waals surface area contributed by atoms with Gasteiger partial charge in [-0.25, -0.2) is 9.79 Å². The first kappa shape index (κ1) is 24.9. The van der Waals surface area contributed by atoms with Crippen LogP contribution in [0.1, 0.15) is 24.9 Å². The van der Waals surface area contributed by atoms with E-state index in [4.69, 9.17) is 14.2 Å². The lowest BCUT2D eigenvalue weighted by atomic mass is 9.93. The Morgan fingerprint density at radius 1 is 1.23 bits per heavy atom. The third-order valence-electron chi connectivity index (χ3n) is 5.86. The van der Waals surface area contributed by atoms with Crippen molar-refractivity contribution < 1.29 is 28.7 Å². The summed E-state index contributed by atoms with van der Waals surface area (Å²) in [5, 5.41) is 13.7. The summed E-state index contributed by atoms with van der Waals surface area (Å²) in [4.78, 5) is 45.1. The van der Waals surface area contributed by atoms with E-state index in [0.29, 0.717) is 54.0 Å². The molecule has 0 spiro atoms. The first-order valence-corrected chi connectivity index (χ1v) is 12.0. The molecule has 0 saturated carbocycles. The molecule has 1 saturated heterocycles. The van der Waals surface area contributed by atoms with Crippen LogP contribution in [-0.2, 0) is 23.8 Å². The Hall–Kier alpha value is -3.22. The summed E-state index contributed by atoms with van der Waals surface area (Å²) in [6, 6.07) is 5.37. The van der Waals surface area contributed by atoms with Gasteiger partial charge in [0.25, 0.3) is 5.69 Å². The number of benzene rings is 1. The number of hydrogen-bond acceptors (Lipinski definition) is 10. The number of nitrogens with zero attached hydrogens (tertiary/aromatic N) is 4. The molecule has 0 bridgehead atoms. The minimum absolute atomic E-state index is 0.0423. The monoisotopic (exact) mass is 502 g/mol. The van der Waals surface area contributed by atoms with Crippen molar-refractivity contribution in [3.8, 4) is 0 Å². The molecule has 0 radical (unpaired) electrons. The Morgan fingerprint density at radius 2 is 1.94 bits per heavy atom. The summed E-state index contributed by atoms with van der Waals surface area (Å²) >= 11 is 1.37. The van der Waals surface area contributed by atoms with Gasteiger partial charge < -0.3 is 24.0 Å². The fourth-order valence-corrected chi connectivity index (χ4v) is 5.06. The maximum Gasteiger partial charge on any atom is 0.338 e. The van der Waals surface area contributed by atoms with Crippen molar-refractivity contribution in [2.45, 2.75) is 19.4 Å². The number of aliphatic imine (C=N–C) groups is 1. The van der Waals surface area contributed by atoms with Gasteiger partial charge >= 0.3 is 5.97 Å². The predicted molar refractivity (Wildman–Crippen MR) is 128 cm³/mol. The van der Waals surface area contributed by atoms with Crippen LogP contribution in [0.4, 0.5) is 5.69 Å². The molecule has 0 aliphatic carbocycles. The van der Waals surface area contributed by atoms with Gasteiger partial charge in [0, 0.05) is 38.0 Å². The molecule has 11 nitrogen and oxygen atoms in total. The van der Waals surface area contributed by atoms with Crippen LogP contribution < -0.4 is 0 Å². The van der Waals surface area contributed by atoms with Crippen LogP contribution in [-0.4, -0.2) is 78.4 Å². The average Bonchev–Trinajstić information content (AvgIpc) is 3.25. The van der Waals surface area contributed by atoms with Gasteiger partial charge in [-0.05, 0) is 30.0 Å². The molecule has 3 heterocycles. The number of carbonyl (C=O) groups excluding carboxylic acids is 2. The largest absolute Gasteiger partial charge is 0.460 e. The van der Waals surface area contributed by atoms with Gasteiger partial charge in [-0.3, -0.25) is 14.9 Å². The molecule has 186 valence electrons. The highest BCUT2D eigenvalue weighted by Gasteiger charge is 2.41. The van der Waals surface area contributed by atoms with E-state index in [2.05, 4.69) is 4.99 Å². The summed E-state index contributed by atoms with van der Waals surface area (Å²) in [6.45, 7) is 4.11. The zero-order chi connectivity index (χ0) is 24.9. The van der Waals surface area contributed by atoms with Crippen molar-refractivity contribution in [3.63, 3.8) is 0 Å². The first-order valence-electron chi connectivity index (χ1n) is 11.1. The second kappa shape index (κ2) is 11.0. The van der Waals surface area contributed by atoms with E-state index in [1.54, 1.807) is 24.0 Å². The fourth-order valence-electron chi connectivity index (χ4n) is 4.10. The minimum atomic E-state index is -0.655. The lowest BCUT2D eigenvalue weighted by Gasteiger charge is -2.37. The Bertz CT molecular complexity index is 1090. The quantitative estimate of drug-likeness (QED) is 0.228. The van der Waals surface area contributed by atoms with Crippen LogP contribution >= 0.6 is 11.8 Å². The van der Waals surface area contributed by atoms with Gasteiger partial charge in [0.2, 0.25) is 5.91 Å². The van der Waals surface area contributed by atoms with E-state index >= 15 is 0 Å². The molecule has 1 aromatic carbocycles. The predicted octanol–water partition coefficient (Wildman–Crippen LogP) is 2.61. The molecule has 0 N–H and O–H groups in total. The number of morpholine rings is 1. The van der Waals surface area contributed by atoms with Crippen LogP contribution in [0.15, 0.2) is 51.6 Å². The highest BCUT2D eigenvalue weighted by atomic mass is 32.2. The third kappa shape index (κ3) is 5.39. The standard InChI is InChI=1S/C23H26N4O7S/c1-15-20(22(29)34-12-11-32-2)21(16-3-5-17(6-4-16)27(30)31)26-18(14-35-23(26)24-15)13-19(28)25-7-9-33-10-8-25/h3-6,14,21H,7-13H2,1-2H3/t21-/m1/s1. The summed E-state index contributed by atoms with van der Waals surface area (Å²) < 4.78 is 15.8. The van der Waals surface area contributed by atoms with Crippen molar-refractivity contribution in [1.82, 2.24) is 9.80 Å². The smallest absolute Gasteiger partial charge is 0.338 e. The molecule has 0 unspecified atom stereocenters. The van der Waals surface area contributed by atoms with Crippen LogP contribution in [0.5, 0.6) is 0 Å². The first-order chi connectivity index (χ1) is 16.9. The number of amidine groups is 1. The highest BCUT2D eigenvalue weighted by Crippen LogP contribution is 2.45. The van der Waals surface area contributed by atoms with E-state index in [9.17, 15) is 19.7 Å². The molecule has 3 aliphatic heterocycles. The molecule has 0 aromatic heterocycles. The number of ether oxygens (including phenoxy) is 3. The Labute approximate surface area is 206 Å². The Kier molecular flexibility index (Phi) is 7.83. The normalized spacial score (nSPS) is 19.8. The number of fused-ring (bicyclic) bond motifs is 1. The van der Waals surface area contributed by atoms with Crippen molar-refractivity contribution in [3.05, 3.63) is 62.3 Å². The maximum absolute atomic E-state index is 13.2. The molecule has 12 heteroatoms. The van der Waals surface area contributed by atoms with Gasteiger partial charge in [0.05, 0.1) is 48.5 Å². The zero-order valence-electron chi connectivity index (χ0n) is 19.5. The number of non-ortho nitro benzene ring substituents is 1. The number of hydrogen-bond donors (Lipinski definition) is 0. The second-order valence-electron chi connectivity index (χ2n) is 8.04. The van der Waals surface area contributed by atoms with Crippen molar-refractivity contribution in [2.75, 3.05) is 46.6 Å². The van der Waals surface area contributed by atoms with E-state index in [1.165, 1.54) is 31.0 Å². The van der Waals surface area contributed by atoms with Crippen molar-refractivity contribution in [1.29, 1.82) is 0 Å². The molecule has 4 rings (SSSR count). The van der Waals surface area contributed by atoms with Gasteiger partial charge in [0.15, 0.2) is 5.17 Å². The molecule has 3 aliphatic rings. The molecule has 35 heavy (non-hydrogen) atoms. The van der Waals surface area contributed by atoms with Gasteiger partial charge in [0.1, 0.15) is 6.61 Å². The Balaban J connectivity index is 1.67. The van der Waals surface area contributed by atoms with Gasteiger partial charge in [-0.15, -0.1) is 0 Å². The molecule has 1 atom stereocenters. The van der Waals surface area contributed by atoms with Crippen molar-refractivity contribution >= 4 is 34.5 Å². The molecule has 1 amide bonds. The summed E-state index contributed by atoms with van der Waals surface area (Å²) in [7, 11) is 1.51. The number of nitro benzene ring substituents is 1. The third-order valence-corrected chi connectivity index (χ3v) is 6.75. The summed E-state index contributed by atoms with van der Waals surface area (Å²) in [5.41, 5.74) is 2.09. The van der Waals surface area contributed by atoms with Crippen LogP contribution in [0, 0.1) is 10.1 Å². The number of esters is 1. The fraction of sp³-hybridized carbons (Fsp3) is 0.435. The Morgan fingerprint density at radius 3 is 2.60 bits per heavy atom. The minimum Gasteiger partial charge on any atom is -0.460 e. The maximum atomic E-state index is 13.2. The highest BCUT2D eigenvalue weighted by molar-refractivity contribution is 8.16. The van der Waals surface area contributed by atoms with Gasteiger partial charge in [-0.2, -0.15) is 0 Å². The molecular weight excluding hydrogens is 476 g/mol. The van der Waals surface area contributed by atoms with E-state index in [0.717, 1.165) is 0 Å². The van der Waals surface area contributed by atoms with Gasteiger partial charge in [-0.1, -0.05) is 11.8 Å². The lowest BCUT2D eigenvalue weighted by molar-refractivity contribution is -0.384. The summed E-state index contributed by atoms with van der Waals surface area (Å²) in [5.74, 6) is -0.596. The van der Waals surface area contributed by atoms with Crippen LogP contribution in [0.3, 0.4) is 0 Å². The molecule has 1 aromatic rings. The van der Waals surface area contributed by atoms with Crippen molar-refractivity contribution in [2.24, 2.45) is 4.99 Å². The van der Waals surface area contributed by atoms with E-state index < -0.39 is 16.9 Å². The number of allylic oxidation sites excluding steroid dienone is 1. The average molecular weight is 503 g/mol. The lowest BCUT2D eigenvalue weighted by Crippen LogP contribution is -2.42. The summed E-state index contributed by atoms with van der Waals surface area (Å²) in [6.07, 6.45) is 0.126. The SMILES string of the molecule is COCCOC(=O)C1=C(C)N=C2SC=C(CC(=O)N3CCOCC3)N2[C@@H]1c1ccc([N+](=O)[O-])cc1. The van der Waals surface area contributed by atoms with Crippen LogP contribution in [0.2, 0.25) is 0 Å². The topological polar surface area (TPSA) is 124 Å².